The number of nitrogens with zero attached hydrogens (tertiary/aromatic N) is 6. The number of fused-ring (bicyclic) bond motifs is 4. The number of hydrogen-bond donors (Lipinski definition) is 0. The summed E-state index contributed by atoms with van der Waals surface area (Å²) in [4.78, 5) is 27.9. The van der Waals surface area contributed by atoms with E-state index >= 15 is 0 Å². The molecule has 7 nitrogen and oxygen atoms in total. The zero-order valence-corrected chi connectivity index (χ0v) is 15.2. The molecule has 3 aromatic rings. The molecule has 1 saturated heterocycles. The van der Waals surface area contributed by atoms with E-state index in [9.17, 15) is 10.1 Å². The van der Waals surface area contributed by atoms with Gasteiger partial charge in [0, 0.05) is 61.5 Å². The smallest absolute Gasteiger partial charge is 0.251 e. The number of piperidine rings is 1. The monoisotopic (exact) mass is 370 g/mol. The molecule has 1 fully saturated rings. The SMILES string of the molecule is N#Cc1nccnc1N1C[C@@H]2C[C@H](C1)c1cc(-c3ccccn3)cc(=O)n1C2. The summed E-state index contributed by atoms with van der Waals surface area (Å²) in [5.74, 6) is 1.19. The molecule has 138 valence electrons. The Balaban J connectivity index is 1.55. The molecule has 2 aliphatic rings. The van der Waals surface area contributed by atoms with E-state index in [1.54, 1.807) is 24.7 Å². The van der Waals surface area contributed by atoms with E-state index in [4.69, 9.17) is 0 Å². The van der Waals surface area contributed by atoms with Crippen molar-refractivity contribution in [1.82, 2.24) is 19.5 Å². The molecule has 2 bridgehead atoms. The van der Waals surface area contributed by atoms with E-state index in [0.29, 0.717) is 24.0 Å². The molecule has 0 unspecified atom stereocenters. The van der Waals surface area contributed by atoms with Gasteiger partial charge in [0.2, 0.25) is 0 Å². The molecule has 3 aromatic heterocycles. The highest BCUT2D eigenvalue weighted by Gasteiger charge is 2.36. The Hall–Kier alpha value is -3.53. The van der Waals surface area contributed by atoms with Gasteiger partial charge in [-0.2, -0.15) is 5.26 Å². The molecular weight excluding hydrogens is 352 g/mol. The lowest BCUT2D eigenvalue weighted by atomic mass is 9.82. The van der Waals surface area contributed by atoms with E-state index in [1.165, 1.54) is 0 Å². The maximum Gasteiger partial charge on any atom is 0.251 e. The quantitative estimate of drug-likeness (QED) is 0.687. The zero-order chi connectivity index (χ0) is 19.1. The summed E-state index contributed by atoms with van der Waals surface area (Å²) in [5.41, 5.74) is 3.07. The Morgan fingerprint density at radius 1 is 1.04 bits per heavy atom. The summed E-state index contributed by atoms with van der Waals surface area (Å²) in [7, 11) is 0. The predicted molar refractivity (Wildman–Crippen MR) is 104 cm³/mol. The molecule has 0 amide bonds. The number of nitriles is 1. The van der Waals surface area contributed by atoms with Gasteiger partial charge in [-0.3, -0.25) is 9.78 Å². The largest absolute Gasteiger partial charge is 0.353 e. The van der Waals surface area contributed by atoms with Crippen molar-refractivity contribution in [2.24, 2.45) is 5.92 Å². The topological polar surface area (TPSA) is 87.7 Å². The van der Waals surface area contributed by atoms with Crippen molar-refractivity contribution in [3.63, 3.8) is 0 Å². The average Bonchev–Trinajstić information content (AvgIpc) is 2.75. The molecule has 2 atom stereocenters. The van der Waals surface area contributed by atoms with Gasteiger partial charge in [-0.25, -0.2) is 9.97 Å². The fourth-order valence-corrected chi connectivity index (χ4v) is 4.45. The first kappa shape index (κ1) is 16.6. The first-order valence-electron chi connectivity index (χ1n) is 9.35. The van der Waals surface area contributed by atoms with Gasteiger partial charge in [0.1, 0.15) is 6.07 Å². The van der Waals surface area contributed by atoms with Crippen LogP contribution < -0.4 is 10.5 Å². The Morgan fingerprint density at radius 2 is 1.93 bits per heavy atom. The van der Waals surface area contributed by atoms with Crippen LogP contribution in [0, 0.1) is 17.2 Å². The van der Waals surface area contributed by atoms with Gasteiger partial charge in [-0.05, 0) is 30.5 Å². The minimum Gasteiger partial charge on any atom is -0.353 e. The van der Waals surface area contributed by atoms with E-state index in [2.05, 4.69) is 32.0 Å². The average molecular weight is 370 g/mol. The lowest BCUT2D eigenvalue weighted by molar-refractivity contribution is 0.280. The molecule has 0 radical (unpaired) electrons. The fraction of sp³-hybridized carbons (Fsp3) is 0.286. The molecule has 5 rings (SSSR count). The molecular formula is C21H18N6O. The van der Waals surface area contributed by atoms with Gasteiger partial charge in [-0.1, -0.05) is 6.07 Å². The fourth-order valence-electron chi connectivity index (χ4n) is 4.45. The lowest BCUT2D eigenvalue weighted by Crippen LogP contribution is -2.47. The summed E-state index contributed by atoms with van der Waals surface area (Å²) >= 11 is 0. The molecule has 0 N–H and O–H groups in total. The molecule has 0 aromatic carbocycles. The summed E-state index contributed by atoms with van der Waals surface area (Å²) < 4.78 is 1.91. The van der Waals surface area contributed by atoms with E-state index < -0.39 is 0 Å². The van der Waals surface area contributed by atoms with Crippen molar-refractivity contribution >= 4 is 5.82 Å². The van der Waals surface area contributed by atoms with Crippen LogP contribution in [-0.4, -0.2) is 32.6 Å². The third-order valence-electron chi connectivity index (χ3n) is 5.60. The number of pyridine rings is 2. The van der Waals surface area contributed by atoms with Crippen LogP contribution in [0.5, 0.6) is 0 Å². The third-order valence-corrected chi connectivity index (χ3v) is 5.60. The molecule has 7 heteroatoms. The molecule has 28 heavy (non-hydrogen) atoms. The molecule has 0 spiro atoms. The predicted octanol–water partition coefficient (Wildman–Crippen LogP) is 2.20. The maximum atomic E-state index is 12.8. The van der Waals surface area contributed by atoms with Gasteiger partial charge < -0.3 is 9.47 Å². The number of anilines is 1. The van der Waals surface area contributed by atoms with Crippen molar-refractivity contribution in [3.8, 4) is 17.3 Å². The van der Waals surface area contributed by atoms with Crippen LogP contribution in [-0.2, 0) is 6.54 Å². The Labute approximate surface area is 161 Å². The standard InChI is InChI=1S/C21H18N6O/c22-10-18-21(25-6-5-24-18)26-11-14-7-16(13-26)19-8-15(9-20(28)27(19)12-14)17-3-1-2-4-23-17/h1-6,8-9,14,16H,7,11-13H2/t14-,16+/m0/s1. The highest BCUT2D eigenvalue weighted by Crippen LogP contribution is 2.38. The summed E-state index contributed by atoms with van der Waals surface area (Å²) in [5, 5.41) is 9.38. The van der Waals surface area contributed by atoms with Gasteiger partial charge in [0.05, 0.1) is 5.69 Å². The van der Waals surface area contributed by atoms with Gasteiger partial charge in [0.25, 0.3) is 5.56 Å². The van der Waals surface area contributed by atoms with Crippen molar-refractivity contribution in [1.29, 1.82) is 5.26 Å². The first-order chi connectivity index (χ1) is 13.7. The highest BCUT2D eigenvalue weighted by molar-refractivity contribution is 5.59. The molecule has 0 saturated carbocycles. The van der Waals surface area contributed by atoms with E-state index in [1.807, 2.05) is 22.8 Å². The molecule has 2 aliphatic heterocycles. The Morgan fingerprint density at radius 3 is 2.75 bits per heavy atom. The lowest BCUT2D eigenvalue weighted by Gasteiger charge is -2.43. The van der Waals surface area contributed by atoms with Gasteiger partial charge in [0.15, 0.2) is 11.5 Å². The van der Waals surface area contributed by atoms with E-state index in [0.717, 1.165) is 36.5 Å². The van der Waals surface area contributed by atoms with Crippen LogP contribution in [0.2, 0.25) is 0 Å². The van der Waals surface area contributed by atoms with Crippen LogP contribution >= 0.6 is 0 Å². The second kappa shape index (κ2) is 6.57. The highest BCUT2D eigenvalue weighted by atomic mass is 16.1. The van der Waals surface area contributed by atoms with Crippen LogP contribution in [0.1, 0.15) is 23.7 Å². The number of rotatable bonds is 2. The molecule has 5 heterocycles. The minimum absolute atomic E-state index is 0.0264. The van der Waals surface area contributed by atoms with Crippen molar-refractivity contribution < 1.29 is 0 Å². The second-order valence-corrected chi connectivity index (χ2v) is 7.38. The zero-order valence-electron chi connectivity index (χ0n) is 15.2. The van der Waals surface area contributed by atoms with Crippen molar-refractivity contribution in [3.05, 3.63) is 70.7 Å². The van der Waals surface area contributed by atoms with Crippen LogP contribution in [0.15, 0.2) is 53.7 Å². The Kier molecular flexibility index (Phi) is 3.90. The summed E-state index contributed by atoms with van der Waals surface area (Å²) in [6, 6.07) is 11.6. The second-order valence-electron chi connectivity index (χ2n) is 7.38. The van der Waals surface area contributed by atoms with Gasteiger partial charge in [-0.15, -0.1) is 0 Å². The summed E-state index contributed by atoms with van der Waals surface area (Å²) in [6.45, 7) is 2.18. The first-order valence-corrected chi connectivity index (χ1v) is 9.35. The van der Waals surface area contributed by atoms with Crippen LogP contribution in [0.3, 0.4) is 0 Å². The maximum absolute atomic E-state index is 12.8. The normalized spacial score (nSPS) is 20.3. The van der Waals surface area contributed by atoms with Crippen molar-refractivity contribution in [2.75, 3.05) is 18.0 Å². The van der Waals surface area contributed by atoms with Crippen LogP contribution in [0.4, 0.5) is 5.82 Å². The number of hydrogen-bond acceptors (Lipinski definition) is 6. The minimum atomic E-state index is 0.0264. The third kappa shape index (κ3) is 2.74. The summed E-state index contributed by atoms with van der Waals surface area (Å²) in [6.07, 6.45) is 5.94. The number of aromatic nitrogens is 4. The van der Waals surface area contributed by atoms with E-state index in [-0.39, 0.29) is 11.5 Å². The van der Waals surface area contributed by atoms with Gasteiger partial charge >= 0.3 is 0 Å². The Bertz CT molecular complexity index is 1130. The molecule has 0 aliphatic carbocycles. The van der Waals surface area contributed by atoms with Crippen molar-refractivity contribution in [2.45, 2.75) is 18.9 Å². The van der Waals surface area contributed by atoms with Crippen LogP contribution in [0.25, 0.3) is 11.3 Å².